The van der Waals surface area contributed by atoms with Gasteiger partial charge in [-0.05, 0) is 67.2 Å². The standard InChI is InChI=1S/C28H12BF16.C10H21N/c1-5-13(30)9(21(38)25(42)17(5)34)29(10-14(31)6(2)18(35)26(43)22(10)39,11-15(32)7(3)19(36)27(44)23(11)40)12-16(33)8(4)20(37)28(45)24(12)41;1-3-11(4-2)10-8-6-5-7-9-10/h1-4H3;10H,3-9H2,1-2H3/q-1;/p+1. The van der Waals surface area contributed by atoms with Crippen molar-refractivity contribution in [3.8, 4) is 0 Å². The number of hydrogen-bond acceptors (Lipinski definition) is 0. The van der Waals surface area contributed by atoms with Crippen molar-refractivity contribution in [2.24, 2.45) is 0 Å². The van der Waals surface area contributed by atoms with E-state index in [2.05, 4.69) is 13.8 Å². The molecule has 1 nitrogen and oxygen atoms in total. The number of halogens is 16. The Labute approximate surface area is 311 Å². The van der Waals surface area contributed by atoms with Crippen LogP contribution in [0.2, 0.25) is 0 Å². The summed E-state index contributed by atoms with van der Waals surface area (Å²) in [5.74, 6) is -44.5. The third-order valence-electron chi connectivity index (χ3n) is 10.9. The maximum atomic E-state index is 16.0. The lowest BCUT2D eigenvalue weighted by molar-refractivity contribution is -0.923. The number of nitrogens with one attached hydrogen (secondary N) is 1. The molecule has 0 aliphatic heterocycles. The first-order valence-corrected chi connectivity index (χ1v) is 17.4. The third-order valence-corrected chi connectivity index (χ3v) is 10.9. The second-order valence-electron chi connectivity index (χ2n) is 13.7. The van der Waals surface area contributed by atoms with Crippen LogP contribution >= 0.6 is 0 Å². The summed E-state index contributed by atoms with van der Waals surface area (Å²) in [6.45, 7) is 8.24. The molecular formula is C38H34BF16N. The quantitative estimate of drug-likeness (QED) is 0.0843. The van der Waals surface area contributed by atoms with E-state index in [1.165, 1.54) is 45.2 Å². The topological polar surface area (TPSA) is 4.44 Å². The molecule has 0 unspecified atom stereocenters. The Bertz CT molecular complexity index is 1790. The first-order chi connectivity index (χ1) is 26.1. The van der Waals surface area contributed by atoms with Crippen LogP contribution in [0.4, 0.5) is 70.2 Å². The first kappa shape index (κ1) is 44.5. The van der Waals surface area contributed by atoms with E-state index in [1.807, 2.05) is 4.90 Å². The molecule has 0 aromatic heterocycles. The van der Waals surface area contributed by atoms with E-state index in [0.717, 1.165) is 6.04 Å². The Hall–Kier alpha value is -4.22. The molecular weight excluding hydrogens is 785 g/mol. The van der Waals surface area contributed by atoms with Crippen LogP contribution in [0.1, 0.15) is 68.2 Å². The van der Waals surface area contributed by atoms with E-state index in [9.17, 15) is 35.1 Å². The SMILES string of the molecule is CC[NH+](CC)C1CCCCC1.Cc1c(F)c(F)c(F)c([B-](c2c(F)c(C)c(F)c(F)c2F)(c2c(F)c(C)c(F)c(F)c2F)c2c(F)c(C)c(F)c(F)c2F)c1F. The molecule has 306 valence electrons. The van der Waals surface area contributed by atoms with Gasteiger partial charge in [-0.2, -0.15) is 0 Å². The van der Waals surface area contributed by atoms with E-state index in [0.29, 0.717) is 0 Å². The monoisotopic (exact) mass is 819 g/mol. The zero-order valence-corrected chi connectivity index (χ0v) is 30.7. The maximum absolute atomic E-state index is 16.0. The first-order valence-electron chi connectivity index (χ1n) is 17.4. The van der Waals surface area contributed by atoms with Crippen molar-refractivity contribution in [2.45, 2.75) is 79.7 Å². The highest BCUT2D eigenvalue weighted by Crippen LogP contribution is 2.31. The molecule has 1 aliphatic carbocycles. The molecule has 0 atom stereocenters. The molecule has 1 saturated carbocycles. The fourth-order valence-electron chi connectivity index (χ4n) is 7.82. The number of hydrogen-bond donors (Lipinski definition) is 1. The summed E-state index contributed by atoms with van der Waals surface area (Å²) < 4.78 is 245. The van der Waals surface area contributed by atoms with Crippen molar-refractivity contribution in [3.05, 3.63) is 115 Å². The second kappa shape index (κ2) is 16.7. The van der Waals surface area contributed by atoms with E-state index in [-0.39, 0.29) is 27.7 Å². The Kier molecular flexibility index (Phi) is 13.3. The molecule has 0 spiro atoms. The maximum Gasteiger partial charge on any atom is 0.191 e. The average molecular weight is 819 g/mol. The van der Waals surface area contributed by atoms with Crippen LogP contribution in [0, 0.1) is 121 Å². The van der Waals surface area contributed by atoms with Crippen LogP contribution in [0.3, 0.4) is 0 Å². The molecule has 0 saturated heterocycles. The van der Waals surface area contributed by atoms with Gasteiger partial charge in [0.25, 0.3) is 0 Å². The summed E-state index contributed by atoms with van der Waals surface area (Å²) >= 11 is 0. The summed E-state index contributed by atoms with van der Waals surface area (Å²) in [5, 5.41) is 0. The molecule has 0 heterocycles. The van der Waals surface area contributed by atoms with Crippen LogP contribution < -0.4 is 26.8 Å². The van der Waals surface area contributed by atoms with E-state index >= 15 is 35.1 Å². The van der Waals surface area contributed by atoms with Crippen LogP contribution in [0.25, 0.3) is 0 Å². The molecule has 4 aromatic rings. The van der Waals surface area contributed by atoms with Gasteiger partial charge in [-0.15, -0.1) is 21.9 Å². The van der Waals surface area contributed by atoms with Crippen LogP contribution in [0.15, 0.2) is 0 Å². The minimum Gasteiger partial charge on any atom is -0.333 e. The van der Waals surface area contributed by atoms with Crippen molar-refractivity contribution >= 4 is 28.0 Å². The van der Waals surface area contributed by atoms with E-state index in [1.54, 1.807) is 0 Å². The lowest BCUT2D eigenvalue weighted by atomic mass is 9.12. The zero-order chi connectivity index (χ0) is 42.5. The predicted octanol–water partition coefficient (Wildman–Crippen LogP) is 7.77. The normalized spacial score (nSPS) is 13.8. The van der Waals surface area contributed by atoms with E-state index < -0.39 is 143 Å². The summed E-state index contributed by atoms with van der Waals surface area (Å²) in [6, 6.07) is 0.999. The molecule has 18 heteroatoms. The molecule has 1 fully saturated rings. The number of rotatable bonds is 7. The van der Waals surface area contributed by atoms with Gasteiger partial charge in [-0.3, -0.25) is 0 Å². The van der Waals surface area contributed by atoms with Crippen LogP contribution in [0.5, 0.6) is 0 Å². The van der Waals surface area contributed by atoms with Gasteiger partial charge < -0.3 is 4.90 Å². The van der Waals surface area contributed by atoms with Crippen LogP contribution in [-0.2, 0) is 0 Å². The van der Waals surface area contributed by atoms with Crippen molar-refractivity contribution in [1.29, 1.82) is 0 Å². The summed E-state index contributed by atoms with van der Waals surface area (Å²) in [4.78, 5) is 1.82. The van der Waals surface area contributed by atoms with Gasteiger partial charge in [0.2, 0.25) is 0 Å². The van der Waals surface area contributed by atoms with Gasteiger partial charge in [0.05, 0.1) is 42.4 Å². The highest BCUT2D eigenvalue weighted by atomic mass is 19.2. The number of benzene rings is 4. The zero-order valence-electron chi connectivity index (χ0n) is 30.7. The molecule has 0 amide bonds. The van der Waals surface area contributed by atoms with Crippen molar-refractivity contribution in [1.82, 2.24) is 0 Å². The van der Waals surface area contributed by atoms with Gasteiger partial charge in [-0.25, -0.2) is 70.2 Å². The fourth-order valence-corrected chi connectivity index (χ4v) is 7.82. The largest absolute Gasteiger partial charge is 0.333 e. The smallest absolute Gasteiger partial charge is 0.191 e. The highest BCUT2D eigenvalue weighted by Gasteiger charge is 2.51. The average Bonchev–Trinajstić information content (AvgIpc) is 3.18. The highest BCUT2D eigenvalue weighted by molar-refractivity contribution is 7.20. The lowest BCUT2D eigenvalue weighted by Gasteiger charge is -2.45. The molecule has 0 radical (unpaired) electrons. The number of quaternary nitrogens is 1. The van der Waals surface area contributed by atoms with Crippen molar-refractivity contribution in [3.63, 3.8) is 0 Å². The van der Waals surface area contributed by atoms with Gasteiger partial charge in [0.15, 0.2) is 46.5 Å². The molecule has 56 heavy (non-hydrogen) atoms. The van der Waals surface area contributed by atoms with Crippen molar-refractivity contribution < 1.29 is 75.1 Å². The molecule has 1 N–H and O–H groups in total. The van der Waals surface area contributed by atoms with Gasteiger partial charge in [0, 0.05) is 22.3 Å². The minimum atomic E-state index is -6.26. The molecule has 0 bridgehead atoms. The van der Waals surface area contributed by atoms with Gasteiger partial charge in [-0.1, -0.05) is 6.42 Å². The Morgan fingerprint density at radius 1 is 0.357 bits per heavy atom. The Morgan fingerprint density at radius 2 is 0.589 bits per heavy atom. The van der Waals surface area contributed by atoms with Gasteiger partial charge >= 0.3 is 0 Å². The molecule has 5 rings (SSSR count). The third kappa shape index (κ3) is 6.82. The molecule has 4 aromatic carbocycles. The molecule has 1 aliphatic rings. The second-order valence-corrected chi connectivity index (χ2v) is 13.7. The summed E-state index contributed by atoms with van der Waals surface area (Å²) in [7, 11) is 0. The van der Waals surface area contributed by atoms with Crippen LogP contribution in [-0.4, -0.2) is 25.3 Å². The van der Waals surface area contributed by atoms with Crippen molar-refractivity contribution in [2.75, 3.05) is 13.1 Å². The lowest BCUT2D eigenvalue weighted by Crippen LogP contribution is -3.15. The fraction of sp³-hybridized carbons (Fsp3) is 0.368. The summed E-state index contributed by atoms with van der Waals surface area (Å²) in [5.41, 5.74) is -17.8. The predicted molar refractivity (Wildman–Crippen MR) is 177 cm³/mol. The minimum absolute atomic E-state index is 0.243. The van der Waals surface area contributed by atoms with Gasteiger partial charge in [0.1, 0.15) is 29.4 Å². The Morgan fingerprint density at radius 3 is 0.804 bits per heavy atom. The van der Waals surface area contributed by atoms with E-state index in [4.69, 9.17) is 0 Å². The summed E-state index contributed by atoms with van der Waals surface area (Å²) in [6.07, 6.45) is 1.15. The Balaban J connectivity index is 0.000000544.